The average Bonchev–Trinajstić information content (AvgIpc) is 1.84. The van der Waals surface area contributed by atoms with Gasteiger partial charge in [0.15, 0.2) is 0 Å². The first-order valence-electron chi connectivity index (χ1n) is 2.96. The molecule has 0 aromatic carbocycles. The number of ketones is 2. The van der Waals surface area contributed by atoms with Crippen LogP contribution in [0, 0.1) is 0 Å². The highest BCUT2D eigenvalue weighted by Gasteiger charge is 2.18. The maximum absolute atomic E-state index is 11.5. The van der Waals surface area contributed by atoms with Gasteiger partial charge in [0.05, 0.1) is 6.42 Å². The Balaban J connectivity index is 3.85. The number of carboxylic acids is 1. The zero-order valence-corrected chi connectivity index (χ0v) is 5.88. The van der Waals surface area contributed by atoms with Crippen LogP contribution in [0.25, 0.3) is 0 Å². The molecule has 0 heterocycles. The molecule has 0 spiro atoms. The molecule has 0 aliphatic carbocycles. The number of hydrogen-bond donors (Lipinski definition) is 0. The molecule has 0 bridgehead atoms. The first kappa shape index (κ1) is 10.7. The Morgan fingerprint density at radius 1 is 1.17 bits per heavy atom. The third kappa shape index (κ3) is 4.48. The summed E-state index contributed by atoms with van der Waals surface area (Å²) < 4.78 is 22.9. The van der Waals surface area contributed by atoms with Crippen molar-refractivity contribution < 1.29 is 28.3 Å². The maximum atomic E-state index is 11.5. The monoisotopic (exact) mass is 179 g/mol. The lowest BCUT2D eigenvalue weighted by atomic mass is 10.1. The molecule has 0 unspecified atom stereocenters. The first-order chi connectivity index (χ1) is 5.43. The predicted octanol–water partition coefficient (Wildman–Crippen LogP) is -1.08. The van der Waals surface area contributed by atoms with E-state index in [4.69, 9.17) is 0 Å². The molecule has 0 amide bonds. The van der Waals surface area contributed by atoms with Crippen molar-refractivity contribution in [3.8, 4) is 0 Å². The lowest BCUT2D eigenvalue weighted by molar-refractivity contribution is -0.304. The number of aliphatic carboxylic acids is 1. The third-order valence-electron chi connectivity index (χ3n) is 0.956. The summed E-state index contributed by atoms with van der Waals surface area (Å²) in [6, 6.07) is 0. The van der Waals surface area contributed by atoms with Gasteiger partial charge in [0, 0.05) is 12.4 Å². The van der Waals surface area contributed by atoms with Crippen LogP contribution in [0.15, 0.2) is 0 Å². The van der Waals surface area contributed by atoms with Crippen molar-refractivity contribution in [2.75, 3.05) is 0 Å². The van der Waals surface area contributed by atoms with E-state index in [0.717, 1.165) is 0 Å². The summed E-state index contributed by atoms with van der Waals surface area (Å²) in [5.74, 6) is -4.32. The van der Waals surface area contributed by atoms with E-state index in [0.29, 0.717) is 0 Å². The molecule has 68 valence electrons. The van der Waals surface area contributed by atoms with Crippen molar-refractivity contribution in [2.24, 2.45) is 0 Å². The highest BCUT2D eigenvalue weighted by atomic mass is 19.3. The Morgan fingerprint density at radius 3 is 2.00 bits per heavy atom. The van der Waals surface area contributed by atoms with Crippen LogP contribution >= 0.6 is 0 Å². The van der Waals surface area contributed by atoms with E-state index in [2.05, 4.69) is 0 Å². The summed E-state index contributed by atoms with van der Waals surface area (Å²) in [4.78, 5) is 30.3. The molecule has 0 aliphatic heterocycles. The molecule has 0 fully saturated rings. The molecule has 0 aromatic heterocycles. The molecule has 0 aromatic rings. The van der Waals surface area contributed by atoms with Gasteiger partial charge in [-0.1, -0.05) is 0 Å². The van der Waals surface area contributed by atoms with Gasteiger partial charge in [-0.05, 0) is 0 Å². The van der Waals surface area contributed by atoms with Crippen LogP contribution in [-0.2, 0) is 14.4 Å². The van der Waals surface area contributed by atoms with Crippen molar-refractivity contribution >= 4 is 17.5 Å². The average molecular weight is 179 g/mol. The van der Waals surface area contributed by atoms with Crippen LogP contribution in [0.5, 0.6) is 0 Å². The molecule has 0 rings (SSSR count). The Kier molecular flexibility index (Phi) is 4.03. The topological polar surface area (TPSA) is 74.3 Å². The van der Waals surface area contributed by atoms with Crippen molar-refractivity contribution in [1.29, 1.82) is 0 Å². The molecule has 0 atom stereocenters. The van der Waals surface area contributed by atoms with Crippen LogP contribution in [0.2, 0.25) is 0 Å². The molecule has 0 radical (unpaired) electrons. The van der Waals surface area contributed by atoms with E-state index in [1.807, 2.05) is 0 Å². The number of hydrogen-bond acceptors (Lipinski definition) is 4. The largest absolute Gasteiger partial charge is 0.550 e. The minimum atomic E-state index is -3.23. The smallest absolute Gasteiger partial charge is 0.296 e. The normalized spacial score (nSPS) is 9.92. The van der Waals surface area contributed by atoms with E-state index in [-0.39, 0.29) is 0 Å². The Bertz CT molecular complexity index is 212. The first-order valence-corrected chi connectivity index (χ1v) is 2.96. The van der Waals surface area contributed by atoms with Crippen LogP contribution in [0.3, 0.4) is 0 Å². The third-order valence-corrected chi connectivity index (χ3v) is 0.956. The molecule has 0 saturated heterocycles. The number of rotatable bonds is 5. The molecular formula is C6H5F2O4-. The van der Waals surface area contributed by atoms with Gasteiger partial charge in [0.2, 0.25) is 5.78 Å². The van der Waals surface area contributed by atoms with Gasteiger partial charge < -0.3 is 9.90 Å². The Labute approximate surface area is 66.2 Å². The predicted molar refractivity (Wildman–Crippen MR) is 30.3 cm³/mol. The Hall–Kier alpha value is -1.33. The molecule has 0 aliphatic rings. The van der Waals surface area contributed by atoms with Crippen molar-refractivity contribution in [3.63, 3.8) is 0 Å². The minimum Gasteiger partial charge on any atom is -0.550 e. The SMILES string of the molecule is O=C([O-])CC(=O)CC(=O)C(F)F. The van der Waals surface area contributed by atoms with Crippen LogP contribution < -0.4 is 5.11 Å². The second kappa shape index (κ2) is 4.53. The molecule has 4 nitrogen and oxygen atoms in total. The summed E-state index contributed by atoms with van der Waals surface area (Å²) in [6.07, 6.45) is -5.28. The lowest BCUT2D eigenvalue weighted by Gasteiger charge is -1.99. The summed E-state index contributed by atoms with van der Waals surface area (Å²) in [6.45, 7) is 0. The number of halogens is 2. The second-order valence-electron chi connectivity index (χ2n) is 2.03. The van der Waals surface area contributed by atoms with Gasteiger partial charge in [0.25, 0.3) is 6.43 Å². The van der Waals surface area contributed by atoms with Gasteiger partial charge >= 0.3 is 0 Å². The van der Waals surface area contributed by atoms with E-state index in [1.165, 1.54) is 0 Å². The minimum absolute atomic E-state index is 1.00. The molecular weight excluding hydrogens is 174 g/mol. The Morgan fingerprint density at radius 2 is 1.67 bits per heavy atom. The van der Waals surface area contributed by atoms with Gasteiger partial charge in [0.1, 0.15) is 5.78 Å². The van der Waals surface area contributed by atoms with E-state index < -0.39 is 36.8 Å². The van der Waals surface area contributed by atoms with E-state index >= 15 is 0 Å². The van der Waals surface area contributed by atoms with Crippen molar-refractivity contribution in [3.05, 3.63) is 0 Å². The summed E-state index contributed by atoms with van der Waals surface area (Å²) in [5, 5.41) is 9.73. The second-order valence-corrected chi connectivity index (χ2v) is 2.03. The van der Waals surface area contributed by atoms with Gasteiger partial charge in [-0.3, -0.25) is 9.59 Å². The highest BCUT2D eigenvalue weighted by Crippen LogP contribution is 2.00. The van der Waals surface area contributed by atoms with Gasteiger partial charge in [-0.2, -0.15) is 0 Å². The number of alkyl halides is 2. The highest BCUT2D eigenvalue weighted by molar-refractivity contribution is 6.05. The molecule has 12 heavy (non-hydrogen) atoms. The van der Waals surface area contributed by atoms with Gasteiger partial charge in [-0.15, -0.1) is 0 Å². The van der Waals surface area contributed by atoms with Crippen LogP contribution in [0.1, 0.15) is 12.8 Å². The molecule has 0 saturated carbocycles. The lowest BCUT2D eigenvalue weighted by Crippen LogP contribution is -2.27. The van der Waals surface area contributed by atoms with Crippen molar-refractivity contribution in [1.82, 2.24) is 0 Å². The number of carbonyl (C=O) groups excluding carboxylic acids is 3. The quantitative estimate of drug-likeness (QED) is 0.503. The zero-order valence-electron chi connectivity index (χ0n) is 5.88. The van der Waals surface area contributed by atoms with Crippen LogP contribution in [-0.4, -0.2) is 24.0 Å². The zero-order chi connectivity index (χ0) is 9.72. The fourth-order valence-electron chi connectivity index (χ4n) is 0.495. The van der Waals surface area contributed by atoms with E-state index in [9.17, 15) is 28.3 Å². The summed E-state index contributed by atoms with van der Waals surface area (Å²) in [5.41, 5.74) is 0. The molecule has 0 N–H and O–H groups in total. The standard InChI is InChI=1S/C6H6F2O4/c7-6(8)4(10)1-3(9)2-5(11)12/h6H,1-2H2,(H,11,12)/p-1. The van der Waals surface area contributed by atoms with E-state index in [1.54, 1.807) is 0 Å². The van der Waals surface area contributed by atoms with Crippen molar-refractivity contribution in [2.45, 2.75) is 19.3 Å². The maximum Gasteiger partial charge on any atom is 0.296 e. The summed E-state index contributed by atoms with van der Waals surface area (Å²) >= 11 is 0. The summed E-state index contributed by atoms with van der Waals surface area (Å²) in [7, 11) is 0. The van der Waals surface area contributed by atoms with Gasteiger partial charge in [-0.25, -0.2) is 8.78 Å². The fraction of sp³-hybridized carbons (Fsp3) is 0.500. The number of Topliss-reactive ketones (excluding diaryl/α,β-unsaturated/α-hetero) is 2. The number of carboxylic acid groups (broad SMARTS) is 1. The molecule has 6 heteroatoms. The fourth-order valence-corrected chi connectivity index (χ4v) is 0.495. The van der Waals surface area contributed by atoms with Crippen LogP contribution in [0.4, 0.5) is 8.78 Å². The number of carbonyl (C=O) groups is 3.